The first kappa shape index (κ1) is 12.1. The first-order chi connectivity index (χ1) is 9.31. The Kier molecular flexibility index (Phi) is 3.18. The molecule has 19 heavy (non-hydrogen) atoms. The van der Waals surface area contributed by atoms with Crippen molar-refractivity contribution in [2.24, 2.45) is 5.73 Å². The Labute approximate surface area is 112 Å². The van der Waals surface area contributed by atoms with Crippen molar-refractivity contribution < 1.29 is 4.79 Å². The SMILES string of the molecule is NCCCCC1=Cc2cccc3cccc(c23)C1=O. The van der Waals surface area contributed by atoms with Crippen LogP contribution in [0.15, 0.2) is 42.0 Å². The summed E-state index contributed by atoms with van der Waals surface area (Å²) >= 11 is 0. The van der Waals surface area contributed by atoms with Crippen molar-refractivity contribution in [2.75, 3.05) is 6.54 Å². The van der Waals surface area contributed by atoms with Crippen LogP contribution >= 0.6 is 0 Å². The van der Waals surface area contributed by atoms with E-state index in [1.165, 1.54) is 0 Å². The lowest BCUT2D eigenvalue weighted by Gasteiger charge is -2.16. The van der Waals surface area contributed by atoms with Crippen LogP contribution in [0.1, 0.15) is 35.2 Å². The Morgan fingerprint density at radius 2 is 1.79 bits per heavy atom. The van der Waals surface area contributed by atoms with Crippen molar-refractivity contribution >= 4 is 22.6 Å². The summed E-state index contributed by atoms with van der Waals surface area (Å²) < 4.78 is 0. The van der Waals surface area contributed by atoms with Gasteiger partial charge in [-0.05, 0) is 42.8 Å². The first-order valence-electron chi connectivity index (χ1n) is 6.78. The third-order valence-electron chi connectivity index (χ3n) is 3.70. The van der Waals surface area contributed by atoms with Crippen LogP contribution < -0.4 is 5.73 Å². The molecule has 3 rings (SSSR count). The second-order valence-electron chi connectivity index (χ2n) is 5.00. The minimum absolute atomic E-state index is 0.182. The summed E-state index contributed by atoms with van der Waals surface area (Å²) in [4.78, 5) is 12.5. The molecule has 0 bridgehead atoms. The van der Waals surface area contributed by atoms with Crippen molar-refractivity contribution in [1.82, 2.24) is 0 Å². The molecule has 1 aliphatic carbocycles. The van der Waals surface area contributed by atoms with Gasteiger partial charge in [0.25, 0.3) is 0 Å². The van der Waals surface area contributed by atoms with Gasteiger partial charge in [0.2, 0.25) is 0 Å². The number of Topliss-reactive ketones (excluding diaryl/α,β-unsaturated/α-hetero) is 1. The highest BCUT2D eigenvalue weighted by Gasteiger charge is 2.20. The number of carbonyl (C=O) groups is 1. The summed E-state index contributed by atoms with van der Waals surface area (Å²) in [7, 11) is 0. The summed E-state index contributed by atoms with van der Waals surface area (Å²) in [6.45, 7) is 0.688. The molecule has 96 valence electrons. The van der Waals surface area contributed by atoms with Crippen molar-refractivity contribution in [3.05, 3.63) is 53.1 Å². The van der Waals surface area contributed by atoms with Crippen LogP contribution in [0.5, 0.6) is 0 Å². The van der Waals surface area contributed by atoms with E-state index in [1.54, 1.807) is 0 Å². The summed E-state index contributed by atoms with van der Waals surface area (Å²) in [6.07, 6.45) is 4.82. The van der Waals surface area contributed by atoms with Gasteiger partial charge in [0, 0.05) is 16.5 Å². The van der Waals surface area contributed by atoms with E-state index < -0.39 is 0 Å². The van der Waals surface area contributed by atoms with Gasteiger partial charge in [0.05, 0.1) is 0 Å². The zero-order valence-electron chi connectivity index (χ0n) is 10.9. The van der Waals surface area contributed by atoms with Gasteiger partial charge in [-0.1, -0.05) is 36.4 Å². The highest BCUT2D eigenvalue weighted by atomic mass is 16.1. The number of rotatable bonds is 4. The van der Waals surface area contributed by atoms with E-state index in [-0.39, 0.29) is 5.78 Å². The molecule has 2 aromatic rings. The molecule has 0 saturated heterocycles. The monoisotopic (exact) mass is 251 g/mol. The predicted molar refractivity (Wildman–Crippen MR) is 79.2 cm³/mol. The molecule has 0 aromatic heterocycles. The van der Waals surface area contributed by atoms with Crippen LogP contribution in [0.25, 0.3) is 16.8 Å². The zero-order valence-corrected chi connectivity index (χ0v) is 10.9. The Bertz CT molecular complexity index is 665. The molecule has 0 aliphatic heterocycles. The predicted octanol–water partition coefficient (Wildman–Crippen LogP) is 3.55. The molecule has 2 N–H and O–H groups in total. The molecule has 0 amide bonds. The van der Waals surface area contributed by atoms with Gasteiger partial charge in [-0.25, -0.2) is 0 Å². The fraction of sp³-hybridized carbons (Fsp3) is 0.235. The largest absolute Gasteiger partial charge is 0.330 e. The van der Waals surface area contributed by atoms with E-state index in [0.717, 1.165) is 46.7 Å². The Hall–Kier alpha value is -1.93. The zero-order chi connectivity index (χ0) is 13.2. The fourth-order valence-corrected chi connectivity index (χ4v) is 2.75. The average Bonchev–Trinajstić information content (AvgIpc) is 2.44. The maximum Gasteiger partial charge on any atom is 0.189 e. The van der Waals surface area contributed by atoms with Gasteiger partial charge in [-0.2, -0.15) is 0 Å². The van der Waals surface area contributed by atoms with Gasteiger partial charge < -0.3 is 5.73 Å². The number of hydrogen-bond donors (Lipinski definition) is 1. The first-order valence-corrected chi connectivity index (χ1v) is 6.78. The highest BCUT2D eigenvalue weighted by molar-refractivity contribution is 6.22. The molecule has 0 atom stereocenters. The molecule has 2 heteroatoms. The number of unbranched alkanes of at least 4 members (excludes halogenated alkanes) is 1. The lowest BCUT2D eigenvalue weighted by Crippen LogP contribution is -2.09. The van der Waals surface area contributed by atoms with Gasteiger partial charge in [-0.3, -0.25) is 4.79 Å². The third-order valence-corrected chi connectivity index (χ3v) is 3.70. The van der Waals surface area contributed by atoms with Crippen LogP contribution in [0.2, 0.25) is 0 Å². The van der Waals surface area contributed by atoms with E-state index in [1.807, 2.05) is 24.3 Å². The van der Waals surface area contributed by atoms with E-state index in [2.05, 4.69) is 18.2 Å². The molecule has 0 fully saturated rings. The minimum Gasteiger partial charge on any atom is -0.330 e. The van der Waals surface area contributed by atoms with Crippen LogP contribution in [-0.4, -0.2) is 12.3 Å². The Morgan fingerprint density at radius 3 is 2.58 bits per heavy atom. The molecule has 2 nitrogen and oxygen atoms in total. The molecule has 0 saturated carbocycles. The second-order valence-corrected chi connectivity index (χ2v) is 5.00. The van der Waals surface area contributed by atoms with Crippen molar-refractivity contribution in [2.45, 2.75) is 19.3 Å². The smallest absolute Gasteiger partial charge is 0.189 e. The topological polar surface area (TPSA) is 43.1 Å². The molecule has 0 heterocycles. The quantitative estimate of drug-likeness (QED) is 0.844. The van der Waals surface area contributed by atoms with E-state index >= 15 is 0 Å². The lowest BCUT2D eigenvalue weighted by molar-refractivity contribution is 0.103. The second kappa shape index (κ2) is 4.98. The Morgan fingerprint density at radius 1 is 1.00 bits per heavy atom. The van der Waals surface area contributed by atoms with E-state index in [0.29, 0.717) is 6.54 Å². The summed E-state index contributed by atoms with van der Waals surface area (Å²) in [5.41, 5.74) is 8.44. The lowest BCUT2D eigenvalue weighted by atomic mass is 9.86. The Balaban J connectivity index is 2.06. The number of hydrogen-bond acceptors (Lipinski definition) is 2. The van der Waals surface area contributed by atoms with Crippen molar-refractivity contribution in [1.29, 1.82) is 0 Å². The maximum atomic E-state index is 12.5. The highest BCUT2D eigenvalue weighted by Crippen LogP contribution is 2.32. The molecule has 2 aromatic carbocycles. The number of benzene rings is 2. The molecule has 0 unspecified atom stereocenters. The van der Waals surface area contributed by atoms with Gasteiger partial charge in [-0.15, -0.1) is 0 Å². The standard InChI is InChI=1S/C17H17NO/c18-10-2-1-5-14-11-13-8-3-6-12-7-4-9-15(16(12)13)17(14)19/h3-4,6-9,11H,1-2,5,10,18H2. The molecule has 0 spiro atoms. The van der Waals surface area contributed by atoms with Gasteiger partial charge >= 0.3 is 0 Å². The summed E-state index contributed by atoms with van der Waals surface area (Å²) in [6, 6.07) is 12.1. The van der Waals surface area contributed by atoms with Crippen LogP contribution in [0.3, 0.4) is 0 Å². The number of ketones is 1. The van der Waals surface area contributed by atoms with E-state index in [4.69, 9.17) is 5.73 Å². The van der Waals surface area contributed by atoms with E-state index in [9.17, 15) is 4.79 Å². The number of nitrogens with two attached hydrogens (primary N) is 1. The summed E-state index contributed by atoms with van der Waals surface area (Å²) in [5, 5.41) is 2.23. The van der Waals surface area contributed by atoms with Crippen LogP contribution in [-0.2, 0) is 0 Å². The fourth-order valence-electron chi connectivity index (χ4n) is 2.75. The third kappa shape index (κ3) is 2.08. The minimum atomic E-state index is 0.182. The van der Waals surface area contributed by atoms with Crippen molar-refractivity contribution in [3.8, 4) is 0 Å². The molecular formula is C17H17NO. The molecule has 1 aliphatic rings. The van der Waals surface area contributed by atoms with Crippen LogP contribution in [0.4, 0.5) is 0 Å². The van der Waals surface area contributed by atoms with Gasteiger partial charge in [0.1, 0.15) is 0 Å². The number of carbonyl (C=O) groups excluding carboxylic acids is 1. The van der Waals surface area contributed by atoms with Crippen LogP contribution in [0, 0.1) is 0 Å². The number of allylic oxidation sites excluding steroid dienone is 1. The maximum absolute atomic E-state index is 12.5. The summed E-state index contributed by atoms with van der Waals surface area (Å²) in [5.74, 6) is 0.182. The molecular weight excluding hydrogens is 234 g/mol. The molecule has 0 radical (unpaired) electrons. The van der Waals surface area contributed by atoms with Crippen molar-refractivity contribution in [3.63, 3.8) is 0 Å². The average molecular weight is 251 g/mol. The van der Waals surface area contributed by atoms with Gasteiger partial charge in [0.15, 0.2) is 5.78 Å². The normalized spacial score (nSPS) is 13.7.